The minimum absolute atomic E-state index is 0.0781. The third-order valence-corrected chi connectivity index (χ3v) is 3.29. The highest BCUT2D eigenvalue weighted by Gasteiger charge is 2.08. The number of aryl methyl sites for hydroxylation is 1. The molecule has 1 aromatic heterocycles. The van der Waals surface area contributed by atoms with Gasteiger partial charge in [-0.3, -0.25) is 4.79 Å². The van der Waals surface area contributed by atoms with Crippen LogP contribution >= 0.6 is 0 Å². The summed E-state index contributed by atoms with van der Waals surface area (Å²) in [4.78, 5) is 11.6. The maximum absolute atomic E-state index is 11.6. The Balaban J connectivity index is 2.37. The maximum atomic E-state index is 11.6. The number of methoxy groups -OCH3 is 1. The van der Waals surface area contributed by atoms with Gasteiger partial charge in [0.05, 0.1) is 7.11 Å². The van der Waals surface area contributed by atoms with Gasteiger partial charge in [0.2, 0.25) is 0 Å². The summed E-state index contributed by atoms with van der Waals surface area (Å²) in [7, 11) is 3.13. The van der Waals surface area contributed by atoms with Crippen LogP contribution in [-0.2, 0) is 4.79 Å². The summed E-state index contributed by atoms with van der Waals surface area (Å²) in [5.41, 5.74) is 2.87. The molecule has 112 valence electrons. The standard InChI is InChI=1S/C17H17N3O2/c1-12-8-13(9-14(10-18)17(21)19-2)11-20(12)15-4-6-16(22-3)7-5-15/h4-9,11H,1-3H3,(H,19,21)/b14-9+. The number of nitrogens with zero attached hydrogens (tertiary/aromatic N) is 2. The average molecular weight is 295 g/mol. The van der Waals surface area contributed by atoms with Crippen LogP contribution in [0.25, 0.3) is 11.8 Å². The number of ether oxygens (including phenoxy) is 1. The Morgan fingerprint density at radius 2 is 2.05 bits per heavy atom. The molecule has 2 rings (SSSR count). The highest BCUT2D eigenvalue weighted by atomic mass is 16.5. The Labute approximate surface area is 129 Å². The van der Waals surface area contributed by atoms with Crippen molar-refractivity contribution in [2.45, 2.75) is 6.92 Å². The van der Waals surface area contributed by atoms with E-state index < -0.39 is 5.91 Å². The topological polar surface area (TPSA) is 67.0 Å². The fourth-order valence-corrected chi connectivity index (χ4v) is 2.15. The van der Waals surface area contributed by atoms with Crippen molar-refractivity contribution in [2.75, 3.05) is 14.2 Å². The predicted octanol–water partition coefficient (Wildman–Crippen LogP) is 2.45. The molecular weight excluding hydrogens is 278 g/mol. The molecule has 5 heteroatoms. The molecule has 1 amide bonds. The molecule has 1 N–H and O–H groups in total. The number of amides is 1. The third kappa shape index (κ3) is 3.18. The van der Waals surface area contributed by atoms with Crippen LogP contribution in [0.4, 0.5) is 0 Å². The normalized spacial score (nSPS) is 10.9. The van der Waals surface area contributed by atoms with Crippen molar-refractivity contribution in [3.63, 3.8) is 0 Å². The van der Waals surface area contributed by atoms with E-state index in [0.717, 1.165) is 22.7 Å². The number of likely N-dealkylation sites (N-methyl/N-ethyl adjacent to an activating group) is 1. The molecule has 0 aliphatic rings. The fraction of sp³-hybridized carbons (Fsp3) is 0.176. The second-order valence-electron chi connectivity index (χ2n) is 4.73. The zero-order chi connectivity index (χ0) is 16.1. The van der Waals surface area contributed by atoms with Crippen molar-refractivity contribution < 1.29 is 9.53 Å². The molecule has 0 aliphatic carbocycles. The number of nitrogens with one attached hydrogen (secondary N) is 1. The van der Waals surface area contributed by atoms with Gasteiger partial charge in [0.1, 0.15) is 17.4 Å². The number of carbonyl (C=O) groups is 1. The van der Waals surface area contributed by atoms with E-state index in [1.165, 1.54) is 7.05 Å². The van der Waals surface area contributed by atoms with Gasteiger partial charge >= 0.3 is 0 Å². The average Bonchev–Trinajstić information content (AvgIpc) is 2.92. The molecule has 0 saturated carbocycles. The molecular formula is C17H17N3O2. The van der Waals surface area contributed by atoms with Crippen LogP contribution in [0.2, 0.25) is 0 Å². The van der Waals surface area contributed by atoms with Crippen LogP contribution in [0.3, 0.4) is 0 Å². The largest absolute Gasteiger partial charge is 0.497 e. The lowest BCUT2D eigenvalue weighted by Gasteiger charge is -2.06. The highest BCUT2D eigenvalue weighted by molar-refractivity contribution is 6.01. The van der Waals surface area contributed by atoms with E-state index in [9.17, 15) is 4.79 Å². The summed E-state index contributed by atoms with van der Waals surface area (Å²) in [6.07, 6.45) is 3.46. The van der Waals surface area contributed by atoms with E-state index in [1.54, 1.807) is 13.2 Å². The lowest BCUT2D eigenvalue weighted by molar-refractivity contribution is -0.116. The Kier molecular flexibility index (Phi) is 4.64. The first-order valence-electron chi connectivity index (χ1n) is 6.76. The second kappa shape index (κ2) is 6.64. The first-order chi connectivity index (χ1) is 10.6. The molecule has 1 aromatic carbocycles. The molecule has 0 aliphatic heterocycles. The molecule has 0 spiro atoms. The molecule has 0 atom stereocenters. The summed E-state index contributed by atoms with van der Waals surface area (Å²) >= 11 is 0. The van der Waals surface area contributed by atoms with Gasteiger partial charge in [-0.2, -0.15) is 5.26 Å². The van der Waals surface area contributed by atoms with Gasteiger partial charge in [-0.1, -0.05) is 0 Å². The Bertz CT molecular complexity index is 749. The van der Waals surface area contributed by atoms with Crippen LogP contribution in [0, 0.1) is 18.3 Å². The maximum Gasteiger partial charge on any atom is 0.261 e. The monoisotopic (exact) mass is 295 g/mol. The number of benzene rings is 1. The van der Waals surface area contributed by atoms with Gasteiger partial charge in [-0.05, 0) is 48.9 Å². The molecule has 22 heavy (non-hydrogen) atoms. The van der Waals surface area contributed by atoms with E-state index in [1.807, 2.05) is 54.1 Å². The van der Waals surface area contributed by atoms with Gasteiger partial charge in [-0.15, -0.1) is 0 Å². The van der Waals surface area contributed by atoms with E-state index in [2.05, 4.69) is 5.32 Å². The van der Waals surface area contributed by atoms with Crippen LogP contribution < -0.4 is 10.1 Å². The van der Waals surface area contributed by atoms with Crippen molar-refractivity contribution in [1.82, 2.24) is 9.88 Å². The van der Waals surface area contributed by atoms with Crippen molar-refractivity contribution in [2.24, 2.45) is 0 Å². The van der Waals surface area contributed by atoms with Crippen LogP contribution in [0.1, 0.15) is 11.3 Å². The summed E-state index contributed by atoms with van der Waals surface area (Å²) in [6.45, 7) is 1.97. The van der Waals surface area contributed by atoms with Crippen LogP contribution in [-0.4, -0.2) is 24.6 Å². The fourth-order valence-electron chi connectivity index (χ4n) is 2.15. The zero-order valence-corrected chi connectivity index (χ0v) is 12.8. The van der Waals surface area contributed by atoms with Crippen molar-refractivity contribution in [1.29, 1.82) is 5.26 Å². The van der Waals surface area contributed by atoms with Crippen LogP contribution in [0.15, 0.2) is 42.1 Å². The minimum Gasteiger partial charge on any atom is -0.497 e. The van der Waals surface area contributed by atoms with Gasteiger partial charge in [0.15, 0.2) is 0 Å². The van der Waals surface area contributed by atoms with Gasteiger partial charge in [0, 0.05) is 24.6 Å². The number of nitriles is 1. The van der Waals surface area contributed by atoms with Crippen LogP contribution in [0.5, 0.6) is 5.75 Å². The predicted molar refractivity (Wildman–Crippen MR) is 84.7 cm³/mol. The molecule has 0 radical (unpaired) electrons. The molecule has 0 bridgehead atoms. The number of carbonyl (C=O) groups excluding carboxylic acids is 1. The van der Waals surface area contributed by atoms with Crippen molar-refractivity contribution in [3.05, 3.63) is 53.4 Å². The lowest BCUT2D eigenvalue weighted by Crippen LogP contribution is -2.19. The number of aromatic nitrogens is 1. The second-order valence-corrected chi connectivity index (χ2v) is 4.73. The van der Waals surface area contributed by atoms with Crippen molar-refractivity contribution in [3.8, 4) is 17.5 Å². The Morgan fingerprint density at radius 1 is 1.36 bits per heavy atom. The Morgan fingerprint density at radius 3 is 2.59 bits per heavy atom. The third-order valence-electron chi connectivity index (χ3n) is 3.29. The summed E-state index contributed by atoms with van der Waals surface area (Å²) in [5, 5.41) is 11.5. The molecule has 0 saturated heterocycles. The summed E-state index contributed by atoms with van der Waals surface area (Å²) in [6, 6.07) is 11.5. The number of hydrogen-bond donors (Lipinski definition) is 1. The smallest absolute Gasteiger partial charge is 0.261 e. The minimum atomic E-state index is -0.391. The summed E-state index contributed by atoms with van der Waals surface area (Å²) in [5.74, 6) is 0.400. The SMILES string of the molecule is CNC(=O)/C(C#N)=C/c1cc(C)n(-c2ccc(OC)cc2)c1. The number of rotatable bonds is 4. The molecule has 5 nitrogen and oxygen atoms in total. The molecule has 2 aromatic rings. The van der Waals surface area contributed by atoms with Crippen molar-refractivity contribution >= 4 is 12.0 Å². The first-order valence-corrected chi connectivity index (χ1v) is 6.76. The zero-order valence-electron chi connectivity index (χ0n) is 12.8. The highest BCUT2D eigenvalue weighted by Crippen LogP contribution is 2.20. The molecule has 1 heterocycles. The van der Waals surface area contributed by atoms with E-state index in [0.29, 0.717) is 0 Å². The Hall–Kier alpha value is -3.00. The first kappa shape index (κ1) is 15.4. The van der Waals surface area contributed by atoms with Gasteiger partial charge in [-0.25, -0.2) is 0 Å². The molecule has 0 unspecified atom stereocenters. The lowest BCUT2D eigenvalue weighted by atomic mass is 10.2. The quantitative estimate of drug-likeness (QED) is 0.696. The van der Waals surface area contributed by atoms with E-state index in [4.69, 9.17) is 10.00 Å². The van der Waals surface area contributed by atoms with Gasteiger partial charge < -0.3 is 14.6 Å². The summed E-state index contributed by atoms with van der Waals surface area (Å²) < 4.78 is 7.14. The molecule has 0 fully saturated rings. The van der Waals surface area contributed by atoms with Gasteiger partial charge in [0.25, 0.3) is 5.91 Å². The van der Waals surface area contributed by atoms with E-state index in [-0.39, 0.29) is 5.57 Å². The van der Waals surface area contributed by atoms with E-state index >= 15 is 0 Å². The number of hydrogen-bond acceptors (Lipinski definition) is 3.